The first-order chi connectivity index (χ1) is 5.24. The molecule has 1 rings (SSSR count). The molecule has 0 spiro atoms. The predicted octanol–water partition coefficient (Wildman–Crippen LogP) is 0.550. The van der Waals surface area contributed by atoms with Crippen molar-refractivity contribution in [1.82, 2.24) is 4.98 Å². The summed E-state index contributed by atoms with van der Waals surface area (Å²) in [6.45, 7) is 5.92. The second-order valence-corrected chi connectivity index (χ2v) is 2.94. The van der Waals surface area contributed by atoms with Crippen LogP contribution in [0, 0.1) is 13.8 Å². The smallest absolute Gasteiger partial charge is 0.252 e. The first kappa shape index (κ1) is 8.62. The molecule has 0 amide bonds. The quantitative estimate of drug-likeness (QED) is 0.513. The van der Waals surface area contributed by atoms with Crippen molar-refractivity contribution in [2.24, 2.45) is 5.14 Å². The fraction of sp³-hybridized carbons (Fsp3) is 0.286. The van der Waals surface area contributed by atoms with Crippen LogP contribution < -0.4 is 10.6 Å². The molecule has 0 fully saturated rings. The maximum atomic E-state index is 5.30. The van der Waals surface area contributed by atoms with E-state index >= 15 is 0 Å². The van der Waals surface area contributed by atoms with E-state index in [1.165, 1.54) is 17.4 Å². The van der Waals surface area contributed by atoms with E-state index in [4.69, 9.17) is 5.14 Å². The fourth-order valence-electron chi connectivity index (χ4n) is 0.904. The maximum absolute atomic E-state index is 5.30. The standard InChI is InChI=1S/C7H10BN2S/c1-5-3-6(2)10-4-7(5)8-11-9/h3-4H,9H2,1-2H3. The minimum absolute atomic E-state index is 1.04. The number of hydrogen-bond acceptors (Lipinski definition) is 3. The molecule has 0 unspecified atom stereocenters. The summed E-state index contributed by atoms with van der Waals surface area (Å²) in [7, 11) is 0. The van der Waals surface area contributed by atoms with E-state index in [0.29, 0.717) is 0 Å². The summed E-state index contributed by atoms with van der Waals surface area (Å²) in [6, 6.07) is 2.04. The molecule has 57 valence electrons. The third-order valence-corrected chi connectivity index (χ3v) is 1.87. The topological polar surface area (TPSA) is 38.9 Å². The Kier molecular flexibility index (Phi) is 2.97. The molecule has 0 aliphatic rings. The molecule has 2 nitrogen and oxygen atoms in total. The van der Waals surface area contributed by atoms with Crippen LogP contribution >= 0.6 is 11.8 Å². The molecule has 1 aromatic heterocycles. The maximum Gasteiger partial charge on any atom is 0.252 e. The van der Waals surface area contributed by atoms with Gasteiger partial charge in [-0.05, 0) is 19.9 Å². The van der Waals surface area contributed by atoms with E-state index < -0.39 is 0 Å². The van der Waals surface area contributed by atoms with Gasteiger partial charge in [0.2, 0.25) is 0 Å². The van der Waals surface area contributed by atoms with E-state index in [1.807, 2.05) is 25.7 Å². The van der Waals surface area contributed by atoms with Crippen molar-refractivity contribution in [2.45, 2.75) is 13.8 Å². The molecule has 0 saturated carbocycles. The zero-order valence-electron chi connectivity index (χ0n) is 6.66. The van der Waals surface area contributed by atoms with Crippen LogP contribution in [0.3, 0.4) is 0 Å². The molecule has 0 aromatic carbocycles. The Labute approximate surface area is 71.9 Å². The molecule has 11 heavy (non-hydrogen) atoms. The number of nitrogens with two attached hydrogens (primary N) is 1. The Bertz CT molecular complexity index is 252. The molecule has 4 heteroatoms. The number of hydrogen-bond donors (Lipinski definition) is 1. The van der Waals surface area contributed by atoms with E-state index in [1.54, 1.807) is 0 Å². The van der Waals surface area contributed by atoms with E-state index in [9.17, 15) is 0 Å². The highest BCUT2D eigenvalue weighted by atomic mass is 32.2. The van der Waals surface area contributed by atoms with Gasteiger partial charge in [0.15, 0.2) is 0 Å². The highest BCUT2D eigenvalue weighted by Gasteiger charge is 1.99. The van der Waals surface area contributed by atoms with Crippen LogP contribution in [0.15, 0.2) is 12.3 Å². The van der Waals surface area contributed by atoms with Crippen molar-refractivity contribution in [3.05, 3.63) is 23.5 Å². The van der Waals surface area contributed by atoms with Gasteiger partial charge in [-0.15, -0.1) is 11.8 Å². The summed E-state index contributed by atoms with van der Waals surface area (Å²) in [5.74, 6) is 0. The van der Waals surface area contributed by atoms with Crippen LogP contribution in [-0.4, -0.2) is 11.5 Å². The molecular formula is C7H10BN2S. The van der Waals surface area contributed by atoms with Crippen LogP contribution in [-0.2, 0) is 0 Å². The van der Waals surface area contributed by atoms with Gasteiger partial charge < -0.3 is 0 Å². The van der Waals surface area contributed by atoms with Crippen LogP contribution in [0.1, 0.15) is 11.3 Å². The lowest BCUT2D eigenvalue weighted by Gasteiger charge is -2.01. The molecule has 1 radical (unpaired) electrons. The Morgan fingerprint density at radius 2 is 2.27 bits per heavy atom. The van der Waals surface area contributed by atoms with Crippen molar-refractivity contribution in [3.8, 4) is 0 Å². The van der Waals surface area contributed by atoms with Crippen LogP contribution in [0.4, 0.5) is 0 Å². The lowest BCUT2D eigenvalue weighted by atomic mass is 9.91. The van der Waals surface area contributed by atoms with Crippen molar-refractivity contribution >= 4 is 23.8 Å². The molecule has 2 N–H and O–H groups in total. The minimum Gasteiger partial charge on any atom is -0.288 e. The monoisotopic (exact) mass is 165 g/mol. The normalized spacial score (nSPS) is 9.73. The average molecular weight is 165 g/mol. The van der Waals surface area contributed by atoms with Gasteiger partial charge in [-0.2, -0.15) is 0 Å². The van der Waals surface area contributed by atoms with Crippen LogP contribution in [0.2, 0.25) is 0 Å². The van der Waals surface area contributed by atoms with Crippen molar-refractivity contribution < 1.29 is 0 Å². The Hall–Kier alpha value is -0.475. The van der Waals surface area contributed by atoms with Gasteiger partial charge in [0.25, 0.3) is 6.56 Å². The highest BCUT2D eigenvalue weighted by Crippen LogP contribution is 1.96. The van der Waals surface area contributed by atoms with Crippen LogP contribution in [0.5, 0.6) is 0 Å². The SMILES string of the molecule is Cc1cc(C)c([B]SN)cn1. The van der Waals surface area contributed by atoms with Crippen LogP contribution in [0.25, 0.3) is 0 Å². The molecule has 0 atom stereocenters. The largest absolute Gasteiger partial charge is 0.288 e. The lowest BCUT2D eigenvalue weighted by molar-refractivity contribution is 1.19. The number of rotatable bonds is 2. The van der Waals surface area contributed by atoms with E-state index in [0.717, 1.165) is 11.2 Å². The number of nitrogens with zero attached hydrogens (tertiary/aromatic N) is 1. The predicted molar refractivity (Wildman–Crippen MR) is 50.9 cm³/mol. The lowest BCUT2D eigenvalue weighted by Crippen LogP contribution is -2.17. The molecule has 0 aliphatic carbocycles. The third kappa shape index (κ3) is 2.24. The summed E-state index contributed by atoms with van der Waals surface area (Å²) >= 11 is 1.21. The second kappa shape index (κ2) is 3.78. The van der Waals surface area contributed by atoms with Gasteiger partial charge in [-0.1, -0.05) is 11.0 Å². The molecule has 0 saturated heterocycles. The molecule has 0 bridgehead atoms. The minimum atomic E-state index is 1.04. The fourth-order valence-corrected chi connectivity index (χ4v) is 1.30. The Balaban J connectivity index is 2.90. The number of pyridine rings is 1. The molecule has 0 aliphatic heterocycles. The van der Waals surface area contributed by atoms with Crippen molar-refractivity contribution in [3.63, 3.8) is 0 Å². The zero-order valence-corrected chi connectivity index (χ0v) is 7.48. The number of aromatic nitrogens is 1. The van der Waals surface area contributed by atoms with Gasteiger partial charge in [-0.25, -0.2) is 0 Å². The number of aryl methyl sites for hydroxylation is 2. The van der Waals surface area contributed by atoms with Gasteiger partial charge >= 0.3 is 0 Å². The summed E-state index contributed by atoms with van der Waals surface area (Å²) in [6.07, 6.45) is 1.84. The van der Waals surface area contributed by atoms with E-state index in [-0.39, 0.29) is 0 Å². The van der Waals surface area contributed by atoms with Gasteiger partial charge in [0.1, 0.15) is 0 Å². The summed E-state index contributed by atoms with van der Waals surface area (Å²) in [4.78, 5) is 4.16. The van der Waals surface area contributed by atoms with Gasteiger partial charge in [0, 0.05) is 11.9 Å². The molecule has 1 aromatic rings. The third-order valence-electron chi connectivity index (χ3n) is 1.48. The first-order valence-electron chi connectivity index (χ1n) is 3.36. The second-order valence-electron chi connectivity index (χ2n) is 2.44. The van der Waals surface area contributed by atoms with Crippen molar-refractivity contribution in [1.29, 1.82) is 0 Å². The Morgan fingerprint density at radius 3 is 2.82 bits per heavy atom. The highest BCUT2D eigenvalue weighted by molar-refractivity contribution is 8.21. The Morgan fingerprint density at radius 1 is 1.55 bits per heavy atom. The summed E-state index contributed by atoms with van der Waals surface area (Å²) < 4.78 is 0. The molecular weight excluding hydrogens is 155 g/mol. The van der Waals surface area contributed by atoms with Crippen molar-refractivity contribution in [2.75, 3.05) is 0 Å². The average Bonchev–Trinajstić information content (AvgIpc) is 1.95. The molecule has 1 heterocycles. The van der Waals surface area contributed by atoms with Gasteiger partial charge in [-0.3, -0.25) is 10.1 Å². The first-order valence-corrected chi connectivity index (χ1v) is 4.30. The van der Waals surface area contributed by atoms with Gasteiger partial charge in [0.05, 0.1) is 0 Å². The summed E-state index contributed by atoms with van der Waals surface area (Å²) in [5.41, 5.74) is 3.36. The van der Waals surface area contributed by atoms with E-state index in [2.05, 4.69) is 11.9 Å². The summed E-state index contributed by atoms with van der Waals surface area (Å²) in [5, 5.41) is 5.30. The zero-order chi connectivity index (χ0) is 8.27.